The Morgan fingerprint density at radius 1 is 0.881 bits per heavy atom. The molecule has 0 spiro atoms. The first-order valence-corrected chi connectivity index (χ1v) is 24.7. The van der Waals surface area contributed by atoms with E-state index in [2.05, 4.69) is 60.7 Å². The summed E-state index contributed by atoms with van der Waals surface area (Å²) in [6.45, 7) is 14.3. The van der Waals surface area contributed by atoms with Gasteiger partial charge in [0.2, 0.25) is 11.8 Å². The Bertz CT molecular complexity index is 2520. The predicted molar refractivity (Wildman–Crippen MR) is 271 cm³/mol. The number of fused-ring (bicyclic) bond motifs is 1. The molecule has 5 aromatic rings. The topological polar surface area (TPSA) is 136 Å². The molecule has 10 nitrogen and oxygen atoms in total. The number of likely N-dealkylation sites (tertiary alicyclic amines) is 1. The second-order valence-corrected chi connectivity index (χ2v) is 19.5. The average molecular weight is 940 g/mol. The number of hydrogen-bond donors (Lipinski definition) is 2. The van der Waals surface area contributed by atoms with Crippen LogP contribution in [-0.2, 0) is 14.4 Å². The van der Waals surface area contributed by atoms with Gasteiger partial charge in [-0.25, -0.2) is 4.98 Å². The molecular weight excluding hydrogens is 876 g/mol. The number of nitrogens with zero attached hydrogens (tertiary/aromatic N) is 4. The lowest BCUT2D eigenvalue weighted by atomic mass is 9.78. The third kappa shape index (κ3) is 13.5. The van der Waals surface area contributed by atoms with Crippen LogP contribution in [0.15, 0.2) is 108 Å². The van der Waals surface area contributed by atoms with Crippen LogP contribution in [0.1, 0.15) is 116 Å². The highest BCUT2D eigenvalue weighted by molar-refractivity contribution is 7.10. The maximum Gasteiger partial charge on any atom is 0.264 e. The largest absolute Gasteiger partial charge is 0.356 e. The third-order valence-corrected chi connectivity index (χ3v) is 13.8. The molecule has 0 aliphatic carbocycles. The van der Waals surface area contributed by atoms with Crippen molar-refractivity contribution >= 4 is 58.3 Å². The van der Waals surface area contributed by atoms with E-state index in [-0.39, 0.29) is 47.1 Å². The summed E-state index contributed by atoms with van der Waals surface area (Å²) in [6.07, 6.45) is 7.85. The minimum absolute atomic E-state index is 0.0127. The molecule has 4 amide bonds. The van der Waals surface area contributed by atoms with Crippen molar-refractivity contribution in [3.63, 3.8) is 0 Å². The monoisotopic (exact) mass is 938 g/mol. The summed E-state index contributed by atoms with van der Waals surface area (Å²) in [4.78, 5) is 60.3. The van der Waals surface area contributed by atoms with Gasteiger partial charge >= 0.3 is 0 Å². The van der Waals surface area contributed by atoms with Crippen LogP contribution in [0.5, 0.6) is 0 Å². The molecule has 1 aromatic heterocycles. The lowest BCUT2D eigenvalue weighted by Crippen LogP contribution is -2.43. The molecule has 67 heavy (non-hydrogen) atoms. The van der Waals surface area contributed by atoms with Crippen LogP contribution in [-0.4, -0.2) is 65.7 Å². The first-order chi connectivity index (χ1) is 32.2. The van der Waals surface area contributed by atoms with Crippen molar-refractivity contribution in [2.75, 3.05) is 31.1 Å². The lowest BCUT2D eigenvalue weighted by Gasteiger charge is -2.40. The number of aromatic nitrogens is 1. The van der Waals surface area contributed by atoms with Gasteiger partial charge in [-0.15, -0.1) is 11.3 Å². The van der Waals surface area contributed by atoms with E-state index in [4.69, 9.17) is 11.6 Å². The van der Waals surface area contributed by atoms with E-state index in [1.807, 2.05) is 91.5 Å². The maximum absolute atomic E-state index is 13.8. The normalized spacial score (nSPS) is 16.6. The van der Waals surface area contributed by atoms with Crippen LogP contribution in [0.25, 0.3) is 17.2 Å². The number of rotatable bonds is 14. The van der Waals surface area contributed by atoms with Crippen molar-refractivity contribution < 1.29 is 19.2 Å². The number of thiazole rings is 1. The molecule has 3 heterocycles. The standard InChI is InChI=1S/C48H56N6O4S.C7H7Cl/c1-31(2)41-27-33(4)54(34(5)55)43-17-16-38(28-42(41)43)35-12-14-37(15-13-35)46(56)51-20-7-6-8-21-52-47(57)45(39-11-9-10-32(3)26-39)36-18-23-53(24-19-36)48(58)40(30-49)29-44-50-22-25-59-44;1-6-2-4-7(8)5-3-6/h9-17,22,25-26,28-29,31,33,36,41,45H,6-8,18-21,23-24,27H2,1-5H3,(H,51,56)(H,52,57);2-5H,1H3/b40-29+;. The summed E-state index contributed by atoms with van der Waals surface area (Å²) >= 11 is 6.99. The first-order valence-electron chi connectivity index (χ1n) is 23.4. The van der Waals surface area contributed by atoms with E-state index in [1.165, 1.54) is 22.5 Å². The number of hydrogen-bond acceptors (Lipinski definition) is 7. The van der Waals surface area contributed by atoms with E-state index >= 15 is 0 Å². The Morgan fingerprint density at radius 3 is 2.18 bits per heavy atom. The third-order valence-electron chi connectivity index (χ3n) is 12.8. The number of benzene rings is 4. The van der Waals surface area contributed by atoms with E-state index < -0.39 is 0 Å². The number of carbonyl (C=O) groups excluding carboxylic acids is 4. The van der Waals surface area contributed by atoms with Crippen LogP contribution in [0.4, 0.5) is 5.69 Å². The zero-order valence-corrected chi connectivity index (χ0v) is 41.1. The molecule has 0 radical (unpaired) electrons. The van der Waals surface area contributed by atoms with Crippen LogP contribution >= 0.6 is 22.9 Å². The van der Waals surface area contributed by atoms with Gasteiger partial charge in [-0.05, 0) is 142 Å². The molecule has 0 bridgehead atoms. The Balaban J connectivity index is 0.000000837. The molecular formula is C55H63ClN6O4S. The van der Waals surface area contributed by atoms with Gasteiger partial charge in [0.05, 0.1) is 5.92 Å². The molecule has 4 aromatic carbocycles. The fourth-order valence-corrected chi connectivity index (χ4v) is 9.97. The van der Waals surface area contributed by atoms with Gasteiger partial charge in [-0.2, -0.15) is 5.26 Å². The summed E-state index contributed by atoms with van der Waals surface area (Å²) < 4.78 is 0. The molecule has 3 atom stereocenters. The molecule has 350 valence electrons. The zero-order chi connectivity index (χ0) is 48.0. The molecule has 2 N–H and O–H groups in total. The fourth-order valence-electron chi connectivity index (χ4n) is 9.28. The smallest absolute Gasteiger partial charge is 0.264 e. The predicted octanol–water partition coefficient (Wildman–Crippen LogP) is 11.3. The van der Waals surface area contributed by atoms with Crippen LogP contribution < -0.4 is 15.5 Å². The van der Waals surface area contributed by atoms with Gasteiger partial charge < -0.3 is 20.4 Å². The number of halogens is 1. The summed E-state index contributed by atoms with van der Waals surface area (Å²) in [5.74, 6) is 0.159. The molecule has 7 rings (SSSR count). The number of nitriles is 1. The second kappa shape index (κ2) is 24.1. The SMILES string of the molecule is CC(=O)N1c2ccc(-c3ccc(C(=O)NCCCCCNC(=O)C(c4cccc(C)c4)C4CCN(C(=O)/C(C#N)=C/c5nccs5)CC4)cc3)cc2C(C(C)C)CC1C.Cc1ccc(Cl)cc1. The number of carbonyl (C=O) groups is 4. The number of unbranched alkanes of at least 4 members (excludes halogenated alkanes) is 2. The highest BCUT2D eigenvalue weighted by Crippen LogP contribution is 2.44. The van der Waals surface area contributed by atoms with E-state index in [0.29, 0.717) is 61.4 Å². The minimum atomic E-state index is -0.343. The number of anilines is 1. The lowest BCUT2D eigenvalue weighted by molar-refractivity contribution is -0.128. The molecule has 3 unspecified atom stereocenters. The van der Waals surface area contributed by atoms with Crippen molar-refractivity contribution in [3.8, 4) is 17.2 Å². The highest BCUT2D eigenvalue weighted by atomic mass is 35.5. The highest BCUT2D eigenvalue weighted by Gasteiger charge is 2.35. The van der Waals surface area contributed by atoms with Crippen LogP contribution in [0.2, 0.25) is 5.02 Å². The van der Waals surface area contributed by atoms with E-state index in [0.717, 1.165) is 58.6 Å². The molecule has 12 heteroatoms. The van der Waals surface area contributed by atoms with Gasteiger partial charge in [-0.3, -0.25) is 19.2 Å². The summed E-state index contributed by atoms with van der Waals surface area (Å²) in [5, 5.41) is 19.1. The summed E-state index contributed by atoms with van der Waals surface area (Å²) in [6, 6.07) is 32.1. The molecule has 2 aliphatic rings. The van der Waals surface area contributed by atoms with Gasteiger partial charge in [-0.1, -0.05) is 91.2 Å². The Hall–Kier alpha value is -6.09. The molecule has 1 fully saturated rings. The first kappa shape index (κ1) is 50.3. The fraction of sp³-hybridized carbons (Fsp3) is 0.382. The summed E-state index contributed by atoms with van der Waals surface area (Å²) in [7, 11) is 0. The zero-order valence-electron chi connectivity index (χ0n) is 39.6. The van der Waals surface area contributed by atoms with Gasteiger partial charge in [0, 0.05) is 67.0 Å². The van der Waals surface area contributed by atoms with Gasteiger partial charge in [0.25, 0.3) is 11.8 Å². The number of nitrogens with one attached hydrogen (secondary N) is 2. The van der Waals surface area contributed by atoms with Crippen molar-refractivity contribution in [2.24, 2.45) is 11.8 Å². The minimum Gasteiger partial charge on any atom is -0.356 e. The maximum atomic E-state index is 13.8. The Kier molecular flexibility index (Phi) is 18.1. The number of amides is 4. The van der Waals surface area contributed by atoms with Crippen molar-refractivity contribution in [1.29, 1.82) is 5.26 Å². The quantitative estimate of drug-likeness (QED) is 0.0647. The summed E-state index contributed by atoms with van der Waals surface area (Å²) in [5.41, 5.74) is 8.28. The second-order valence-electron chi connectivity index (χ2n) is 18.1. The average Bonchev–Trinajstić information content (AvgIpc) is 3.84. The van der Waals surface area contributed by atoms with E-state index in [1.54, 1.807) is 29.5 Å². The van der Waals surface area contributed by atoms with Gasteiger partial charge in [0.1, 0.15) is 16.6 Å². The molecule has 1 saturated heterocycles. The number of piperidine rings is 1. The number of aryl methyl sites for hydroxylation is 2. The van der Waals surface area contributed by atoms with E-state index in [9.17, 15) is 24.4 Å². The van der Waals surface area contributed by atoms with Crippen molar-refractivity contribution in [2.45, 2.75) is 97.9 Å². The van der Waals surface area contributed by atoms with Gasteiger partial charge in [0.15, 0.2) is 0 Å². The van der Waals surface area contributed by atoms with Crippen molar-refractivity contribution in [1.82, 2.24) is 20.5 Å². The molecule has 2 aliphatic heterocycles. The van der Waals surface area contributed by atoms with Crippen LogP contribution in [0, 0.1) is 37.0 Å². The Morgan fingerprint density at radius 2 is 1.57 bits per heavy atom. The molecule has 0 saturated carbocycles. The Labute approximate surface area is 405 Å². The van der Waals surface area contributed by atoms with Crippen LogP contribution in [0.3, 0.4) is 0 Å². The van der Waals surface area contributed by atoms with Crippen molar-refractivity contribution in [3.05, 3.63) is 146 Å².